The summed E-state index contributed by atoms with van der Waals surface area (Å²) in [4.78, 5) is 7.09. The van der Waals surface area contributed by atoms with Crippen molar-refractivity contribution in [1.82, 2.24) is 10.3 Å². The zero-order chi connectivity index (χ0) is 13.1. The van der Waals surface area contributed by atoms with Gasteiger partial charge in [-0.05, 0) is 50.8 Å². The molecule has 2 rings (SSSR count). The third kappa shape index (κ3) is 3.22. The number of hydrogen-bond acceptors (Lipinski definition) is 3. The number of nitrogens with zero attached hydrogens (tertiary/aromatic N) is 2. The Morgan fingerprint density at radius 2 is 2.11 bits per heavy atom. The fourth-order valence-electron chi connectivity index (χ4n) is 2.40. The fraction of sp³-hybridized carbons (Fsp3) is 0.667. The predicted octanol–water partition coefficient (Wildman–Crippen LogP) is 2.65. The van der Waals surface area contributed by atoms with Gasteiger partial charge < -0.3 is 10.2 Å². The van der Waals surface area contributed by atoms with Gasteiger partial charge in [0.1, 0.15) is 5.82 Å². The minimum Gasteiger partial charge on any atom is -0.359 e. The molecule has 1 saturated carbocycles. The van der Waals surface area contributed by atoms with Crippen LogP contribution in [0.2, 0.25) is 0 Å². The van der Waals surface area contributed by atoms with Crippen LogP contribution in [-0.2, 0) is 6.54 Å². The molecule has 1 aromatic rings. The summed E-state index contributed by atoms with van der Waals surface area (Å²) >= 11 is 0. The van der Waals surface area contributed by atoms with E-state index in [2.05, 4.69) is 44.1 Å². The SMILES string of the molecule is CCNCc1c(C)cc(C)nc1N(C)CC1CC1. The summed E-state index contributed by atoms with van der Waals surface area (Å²) in [5, 5.41) is 3.42. The van der Waals surface area contributed by atoms with Crippen molar-refractivity contribution in [3.05, 3.63) is 22.9 Å². The molecule has 100 valence electrons. The molecule has 3 nitrogen and oxygen atoms in total. The molecule has 1 aromatic heterocycles. The van der Waals surface area contributed by atoms with Crippen molar-refractivity contribution in [3.8, 4) is 0 Å². The molecule has 1 aliphatic rings. The van der Waals surface area contributed by atoms with Gasteiger partial charge in [-0.2, -0.15) is 0 Å². The predicted molar refractivity (Wildman–Crippen MR) is 77.1 cm³/mol. The second kappa shape index (κ2) is 5.70. The van der Waals surface area contributed by atoms with Crippen molar-refractivity contribution < 1.29 is 0 Å². The Bertz CT molecular complexity index is 410. The Kier molecular flexibility index (Phi) is 4.23. The van der Waals surface area contributed by atoms with E-state index in [9.17, 15) is 0 Å². The van der Waals surface area contributed by atoms with E-state index < -0.39 is 0 Å². The van der Waals surface area contributed by atoms with Gasteiger partial charge in [0.05, 0.1) is 0 Å². The van der Waals surface area contributed by atoms with Crippen LogP contribution in [0.3, 0.4) is 0 Å². The minimum absolute atomic E-state index is 0.893. The molecule has 0 unspecified atom stereocenters. The third-order valence-electron chi connectivity index (χ3n) is 3.60. The highest BCUT2D eigenvalue weighted by atomic mass is 15.2. The summed E-state index contributed by atoms with van der Waals surface area (Å²) in [7, 11) is 2.18. The van der Waals surface area contributed by atoms with Crippen molar-refractivity contribution in [1.29, 1.82) is 0 Å². The lowest BCUT2D eigenvalue weighted by atomic mass is 10.1. The molecule has 0 aliphatic heterocycles. The summed E-state index contributed by atoms with van der Waals surface area (Å²) < 4.78 is 0. The van der Waals surface area contributed by atoms with E-state index in [1.807, 2.05) is 0 Å². The molecule has 0 atom stereocenters. The van der Waals surface area contributed by atoms with E-state index in [-0.39, 0.29) is 0 Å². The van der Waals surface area contributed by atoms with Crippen LogP contribution < -0.4 is 10.2 Å². The van der Waals surface area contributed by atoms with Gasteiger partial charge >= 0.3 is 0 Å². The van der Waals surface area contributed by atoms with Gasteiger partial charge in [-0.25, -0.2) is 4.98 Å². The molecule has 3 heteroatoms. The third-order valence-corrected chi connectivity index (χ3v) is 3.60. The first-order valence-electron chi connectivity index (χ1n) is 7.00. The Morgan fingerprint density at radius 1 is 1.39 bits per heavy atom. The summed E-state index contributed by atoms with van der Waals surface area (Å²) in [5.41, 5.74) is 3.82. The summed E-state index contributed by atoms with van der Waals surface area (Å²) in [5.74, 6) is 2.06. The normalized spacial score (nSPS) is 14.9. The van der Waals surface area contributed by atoms with E-state index >= 15 is 0 Å². The van der Waals surface area contributed by atoms with Gasteiger partial charge in [0.15, 0.2) is 0 Å². The van der Waals surface area contributed by atoms with Crippen LogP contribution in [0.15, 0.2) is 6.07 Å². The van der Waals surface area contributed by atoms with Crippen LogP contribution in [0, 0.1) is 19.8 Å². The second-order valence-electron chi connectivity index (χ2n) is 5.49. The van der Waals surface area contributed by atoms with Gasteiger partial charge in [-0.15, -0.1) is 0 Å². The first-order chi connectivity index (χ1) is 8.61. The largest absolute Gasteiger partial charge is 0.359 e. The number of anilines is 1. The zero-order valence-electron chi connectivity index (χ0n) is 12.1. The molecule has 1 aliphatic carbocycles. The molecule has 1 N–H and O–H groups in total. The Labute approximate surface area is 111 Å². The zero-order valence-corrected chi connectivity index (χ0v) is 12.1. The monoisotopic (exact) mass is 247 g/mol. The molecule has 18 heavy (non-hydrogen) atoms. The van der Waals surface area contributed by atoms with Gasteiger partial charge in [-0.1, -0.05) is 6.92 Å². The molecule has 0 radical (unpaired) electrons. The van der Waals surface area contributed by atoms with Gasteiger partial charge in [-0.3, -0.25) is 0 Å². The maximum Gasteiger partial charge on any atom is 0.133 e. The maximum atomic E-state index is 4.75. The van der Waals surface area contributed by atoms with E-state index in [1.165, 1.54) is 29.8 Å². The second-order valence-corrected chi connectivity index (χ2v) is 5.49. The smallest absolute Gasteiger partial charge is 0.133 e. The van der Waals surface area contributed by atoms with E-state index in [1.54, 1.807) is 0 Å². The Hall–Kier alpha value is -1.09. The van der Waals surface area contributed by atoms with Crippen molar-refractivity contribution in [2.75, 3.05) is 25.0 Å². The fourth-order valence-corrected chi connectivity index (χ4v) is 2.40. The number of pyridine rings is 1. The number of hydrogen-bond donors (Lipinski definition) is 1. The van der Waals surface area contributed by atoms with Crippen molar-refractivity contribution >= 4 is 5.82 Å². The van der Waals surface area contributed by atoms with Crippen LogP contribution in [0.5, 0.6) is 0 Å². The highest BCUT2D eigenvalue weighted by Gasteiger charge is 2.24. The van der Waals surface area contributed by atoms with Gasteiger partial charge in [0.25, 0.3) is 0 Å². The number of rotatable bonds is 6. The lowest BCUT2D eigenvalue weighted by Gasteiger charge is -2.23. The maximum absolute atomic E-state index is 4.75. The van der Waals surface area contributed by atoms with Crippen molar-refractivity contribution in [2.45, 2.75) is 40.2 Å². The lowest BCUT2D eigenvalue weighted by Crippen LogP contribution is -2.25. The molecular weight excluding hydrogens is 222 g/mol. The average Bonchev–Trinajstić information content (AvgIpc) is 3.11. The molecule has 0 spiro atoms. The highest BCUT2D eigenvalue weighted by molar-refractivity contribution is 5.51. The van der Waals surface area contributed by atoms with E-state index in [0.29, 0.717) is 0 Å². The first kappa shape index (κ1) is 13.3. The average molecular weight is 247 g/mol. The van der Waals surface area contributed by atoms with Crippen molar-refractivity contribution in [3.63, 3.8) is 0 Å². The van der Waals surface area contributed by atoms with Gasteiger partial charge in [0.2, 0.25) is 0 Å². The Balaban J connectivity index is 2.23. The molecule has 0 amide bonds. The van der Waals surface area contributed by atoms with Crippen LogP contribution in [-0.4, -0.2) is 25.1 Å². The van der Waals surface area contributed by atoms with E-state index in [4.69, 9.17) is 4.98 Å². The molecule has 0 saturated heterocycles. The molecule has 0 aromatic carbocycles. The Morgan fingerprint density at radius 3 is 2.72 bits per heavy atom. The van der Waals surface area contributed by atoms with Crippen LogP contribution in [0.25, 0.3) is 0 Å². The molecular formula is C15H25N3. The summed E-state index contributed by atoms with van der Waals surface area (Å²) in [6.07, 6.45) is 2.77. The standard InChI is InChI=1S/C15H25N3/c1-5-16-9-14-11(2)8-12(3)17-15(14)18(4)10-13-6-7-13/h8,13,16H,5-7,9-10H2,1-4H3. The van der Waals surface area contributed by atoms with Crippen LogP contribution in [0.4, 0.5) is 5.82 Å². The quantitative estimate of drug-likeness (QED) is 0.837. The summed E-state index contributed by atoms with van der Waals surface area (Å²) in [6.45, 7) is 9.48. The molecule has 1 fully saturated rings. The number of aromatic nitrogens is 1. The highest BCUT2D eigenvalue weighted by Crippen LogP contribution is 2.31. The molecule has 1 heterocycles. The number of nitrogens with one attached hydrogen (secondary N) is 1. The molecule has 0 bridgehead atoms. The minimum atomic E-state index is 0.893. The van der Waals surface area contributed by atoms with Crippen LogP contribution in [0.1, 0.15) is 36.6 Å². The first-order valence-corrected chi connectivity index (χ1v) is 7.00. The summed E-state index contributed by atoms with van der Waals surface area (Å²) in [6, 6.07) is 2.18. The lowest BCUT2D eigenvalue weighted by molar-refractivity contribution is 0.708. The van der Waals surface area contributed by atoms with Gasteiger partial charge in [0, 0.05) is 31.4 Å². The van der Waals surface area contributed by atoms with Crippen molar-refractivity contribution in [2.24, 2.45) is 5.92 Å². The van der Waals surface area contributed by atoms with E-state index in [0.717, 1.165) is 31.2 Å². The number of aryl methyl sites for hydroxylation is 2. The topological polar surface area (TPSA) is 28.2 Å². The van der Waals surface area contributed by atoms with Crippen LogP contribution >= 0.6 is 0 Å².